The van der Waals surface area contributed by atoms with Gasteiger partial charge in [0.05, 0.1) is 18.5 Å². The molecule has 1 aromatic heterocycles. The number of hydrogen-bond acceptors (Lipinski definition) is 4. The number of para-hydroxylation sites is 1. The highest BCUT2D eigenvalue weighted by Crippen LogP contribution is 2.57. The predicted octanol–water partition coefficient (Wildman–Crippen LogP) is 4.98. The van der Waals surface area contributed by atoms with Gasteiger partial charge in [-0.05, 0) is 30.7 Å². The molecule has 0 saturated carbocycles. The molecule has 5 heteroatoms. The molecule has 5 rings (SSSR count). The van der Waals surface area contributed by atoms with Crippen LogP contribution in [-0.2, 0) is 4.79 Å². The van der Waals surface area contributed by atoms with Gasteiger partial charge in [0.1, 0.15) is 16.4 Å². The molecule has 2 bridgehead atoms. The van der Waals surface area contributed by atoms with Crippen molar-refractivity contribution < 1.29 is 9.53 Å². The summed E-state index contributed by atoms with van der Waals surface area (Å²) in [5.74, 6) is 0.858. The highest BCUT2D eigenvalue weighted by molar-refractivity contribution is 8.01. The molecule has 1 amide bonds. The molecule has 3 heterocycles. The lowest BCUT2D eigenvalue weighted by Crippen LogP contribution is -2.30. The van der Waals surface area contributed by atoms with E-state index in [2.05, 4.69) is 6.07 Å². The number of hydrogen-bond donors (Lipinski definition) is 0. The maximum absolute atomic E-state index is 13.4. The van der Waals surface area contributed by atoms with Crippen LogP contribution in [0, 0.1) is 0 Å². The fourth-order valence-electron chi connectivity index (χ4n) is 3.82. The van der Waals surface area contributed by atoms with Crippen LogP contribution in [0.25, 0.3) is 11.3 Å². The molecule has 3 aromatic rings. The number of fused-ring (bicyclic) bond motifs is 7. The number of carbonyl (C=O) groups excluding carboxylic acids is 1. The first-order chi connectivity index (χ1) is 13.3. The molecule has 0 spiro atoms. The zero-order valence-electron chi connectivity index (χ0n) is 14.8. The van der Waals surface area contributed by atoms with Crippen molar-refractivity contribution in [2.75, 3.05) is 11.5 Å². The number of carbonyl (C=O) groups is 1. The maximum atomic E-state index is 13.4. The van der Waals surface area contributed by atoms with Gasteiger partial charge >= 0.3 is 0 Å². The molecule has 0 aliphatic carbocycles. The number of aromatic nitrogens is 1. The van der Waals surface area contributed by atoms with Crippen LogP contribution >= 0.6 is 11.8 Å². The second-order valence-corrected chi connectivity index (χ2v) is 7.73. The number of rotatable bonds is 3. The second kappa shape index (κ2) is 6.43. The van der Waals surface area contributed by atoms with Gasteiger partial charge in [-0.25, -0.2) is 0 Å². The van der Waals surface area contributed by atoms with Crippen LogP contribution in [-0.4, -0.2) is 17.5 Å². The summed E-state index contributed by atoms with van der Waals surface area (Å²) in [4.78, 5) is 20.0. The number of pyridine rings is 1. The van der Waals surface area contributed by atoms with Gasteiger partial charge in [-0.15, -0.1) is 11.8 Å². The molecule has 2 aliphatic rings. The zero-order valence-corrected chi connectivity index (χ0v) is 15.6. The largest absolute Gasteiger partial charge is 0.492 e. The van der Waals surface area contributed by atoms with E-state index in [1.54, 1.807) is 18.0 Å². The van der Waals surface area contributed by atoms with Gasteiger partial charge in [-0.1, -0.05) is 42.5 Å². The molecule has 0 N–H and O–H groups in total. The maximum Gasteiger partial charge on any atom is 0.245 e. The number of thioether (sulfide) groups is 1. The predicted molar refractivity (Wildman–Crippen MR) is 108 cm³/mol. The van der Waals surface area contributed by atoms with Gasteiger partial charge in [-0.2, -0.15) is 0 Å². The standard InChI is InChI=1S/C22H18N2O2S/c1-2-26-15-12-18-19(23-13-15)16-10-6-7-11-17(16)20-21(25)24(22(18)27-20)14-8-4-3-5-9-14/h3-13,20,22H,2H2,1H3. The Morgan fingerprint density at radius 3 is 2.67 bits per heavy atom. The topological polar surface area (TPSA) is 42.4 Å². The Morgan fingerprint density at radius 1 is 1.07 bits per heavy atom. The molecular formula is C22H18N2O2S. The highest BCUT2D eigenvalue weighted by atomic mass is 32.2. The monoisotopic (exact) mass is 374 g/mol. The summed E-state index contributed by atoms with van der Waals surface area (Å²) in [6, 6.07) is 20.0. The van der Waals surface area contributed by atoms with E-state index in [0.29, 0.717) is 6.61 Å². The first-order valence-electron chi connectivity index (χ1n) is 9.03. The van der Waals surface area contributed by atoms with E-state index in [1.807, 2.05) is 66.4 Å². The number of anilines is 1. The van der Waals surface area contributed by atoms with Gasteiger partial charge in [0.15, 0.2) is 0 Å². The molecule has 2 unspecified atom stereocenters. The quantitative estimate of drug-likeness (QED) is 0.648. The summed E-state index contributed by atoms with van der Waals surface area (Å²) in [7, 11) is 0. The second-order valence-electron chi connectivity index (χ2n) is 6.54. The Labute approximate surface area is 162 Å². The normalized spacial score (nSPS) is 20.0. The first kappa shape index (κ1) is 16.4. The summed E-state index contributed by atoms with van der Waals surface area (Å²) < 4.78 is 5.70. The summed E-state index contributed by atoms with van der Waals surface area (Å²) in [6.07, 6.45) is 1.78. The summed E-state index contributed by atoms with van der Waals surface area (Å²) >= 11 is 1.68. The molecule has 1 saturated heterocycles. The van der Waals surface area contributed by atoms with Crippen molar-refractivity contribution in [3.05, 3.63) is 78.0 Å². The van der Waals surface area contributed by atoms with Crippen LogP contribution in [0.1, 0.15) is 28.7 Å². The van der Waals surface area contributed by atoms with Crippen molar-refractivity contribution in [2.45, 2.75) is 17.5 Å². The summed E-state index contributed by atoms with van der Waals surface area (Å²) in [5.41, 5.74) is 4.94. The zero-order chi connectivity index (χ0) is 18.4. The molecule has 0 radical (unpaired) electrons. The van der Waals surface area contributed by atoms with Crippen LogP contribution in [0.15, 0.2) is 66.9 Å². The lowest BCUT2D eigenvalue weighted by atomic mass is 9.95. The van der Waals surface area contributed by atoms with Crippen LogP contribution in [0.5, 0.6) is 5.75 Å². The molecule has 2 aliphatic heterocycles. The van der Waals surface area contributed by atoms with E-state index in [-0.39, 0.29) is 16.5 Å². The molecule has 134 valence electrons. The lowest BCUT2D eigenvalue weighted by molar-refractivity contribution is -0.117. The highest BCUT2D eigenvalue weighted by Gasteiger charge is 2.47. The Bertz CT molecular complexity index is 1020. The summed E-state index contributed by atoms with van der Waals surface area (Å²) in [5, 5.41) is -0.351. The van der Waals surface area contributed by atoms with Crippen molar-refractivity contribution in [1.29, 1.82) is 0 Å². The third-order valence-electron chi connectivity index (χ3n) is 4.96. The van der Waals surface area contributed by atoms with Crippen molar-refractivity contribution >= 4 is 23.4 Å². The Kier molecular flexibility index (Phi) is 3.90. The lowest BCUT2D eigenvalue weighted by Gasteiger charge is -2.27. The SMILES string of the molecule is CCOc1cnc2c(c1)C1SC(C(=O)N1c1ccccc1)c1ccccc1-2. The Morgan fingerprint density at radius 2 is 1.85 bits per heavy atom. The van der Waals surface area contributed by atoms with Gasteiger partial charge in [0, 0.05) is 16.8 Å². The fourth-order valence-corrected chi connectivity index (χ4v) is 5.34. The fraction of sp³-hybridized carbons (Fsp3) is 0.182. The van der Waals surface area contributed by atoms with Crippen molar-refractivity contribution in [3.63, 3.8) is 0 Å². The van der Waals surface area contributed by atoms with Gasteiger partial charge in [-0.3, -0.25) is 14.7 Å². The van der Waals surface area contributed by atoms with Crippen LogP contribution in [0.2, 0.25) is 0 Å². The van der Waals surface area contributed by atoms with E-state index in [0.717, 1.165) is 33.8 Å². The molecular weight excluding hydrogens is 356 g/mol. The van der Waals surface area contributed by atoms with Crippen molar-refractivity contribution in [2.24, 2.45) is 0 Å². The third kappa shape index (κ3) is 2.53. The van der Waals surface area contributed by atoms with E-state index < -0.39 is 0 Å². The molecule has 2 aromatic carbocycles. The Balaban J connectivity index is 1.74. The van der Waals surface area contributed by atoms with E-state index in [4.69, 9.17) is 9.72 Å². The molecule has 1 fully saturated rings. The summed E-state index contributed by atoms with van der Waals surface area (Å²) in [6.45, 7) is 2.54. The average Bonchev–Trinajstić information content (AvgIpc) is 2.98. The Hall–Kier alpha value is -2.79. The van der Waals surface area contributed by atoms with Crippen LogP contribution in [0.4, 0.5) is 5.69 Å². The van der Waals surface area contributed by atoms with Gasteiger partial charge in [0.2, 0.25) is 5.91 Å². The molecule has 2 atom stereocenters. The van der Waals surface area contributed by atoms with Crippen LogP contribution in [0.3, 0.4) is 0 Å². The number of nitrogens with zero attached hydrogens (tertiary/aromatic N) is 2. The van der Waals surface area contributed by atoms with E-state index >= 15 is 0 Å². The minimum Gasteiger partial charge on any atom is -0.492 e. The molecule has 4 nitrogen and oxygen atoms in total. The molecule has 27 heavy (non-hydrogen) atoms. The van der Waals surface area contributed by atoms with Gasteiger partial charge in [0.25, 0.3) is 0 Å². The van der Waals surface area contributed by atoms with Crippen molar-refractivity contribution in [1.82, 2.24) is 4.98 Å². The van der Waals surface area contributed by atoms with E-state index in [9.17, 15) is 4.79 Å². The minimum absolute atomic E-state index is 0.121. The first-order valence-corrected chi connectivity index (χ1v) is 9.98. The van der Waals surface area contributed by atoms with Gasteiger partial charge < -0.3 is 4.74 Å². The number of amides is 1. The smallest absolute Gasteiger partial charge is 0.245 e. The van der Waals surface area contributed by atoms with Crippen LogP contribution < -0.4 is 9.64 Å². The third-order valence-corrected chi connectivity index (χ3v) is 6.41. The van der Waals surface area contributed by atoms with Crippen molar-refractivity contribution in [3.8, 4) is 17.0 Å². The van der Waals surface area contributed by atoms with E-state index in [1.165, 1.54) is 0 Å². The average molecular weight is 374 g/mol. The minimum atomic E-state index is -0.226. The number of benzene rings is 2. The number of ether oxygens (including phenoxy) is 1.